The molecule has 0 unspecified atom stereocenters. The van der Waals surface area contributed by atoms with Gasteiger partial charge in [0, 0.05) is 0 Å². The topological polar surface area (TPSA) is 0 Å². The van der Waals surface area contributed by atoms with Gasteiger partial charge in [-0.25, -0.2) is 0 Å². The molecule has 0 aliphatic heterocycles. The van der Waals surface area contributed by atoms with Crippen LogP contribution in [-0.2, 0) is 12.8 Å². The fraction of sp³-hybridized carbons (Fsp3) is 0.200. The van der Waals surface area contributed by atoms with E-state index in [4.69, 9.17) is 0 Å². The third kappa shape index (κ3) is 2.21. The van der Waals surface area contributed by atoms with E-state index in [1.807, 2.05) is 12.2 Å². The van der Waals surface area contributed by atoms with E-state index >= 15 is 0 Å². The third-order valence-electron chi connectivity index (χ3n) is 1.56. The van der Waals surface area contributed by atoms with Gasteiger partial charge in [0.05, 0.1) is 0 Å². The zero-order valence-corrected chi connectivity index (χ0v) is 8.26. The molecule has 0 amide bonds. The summed E-state index contributed by atoms with van der Waals surface area (Å²) in [7, 11) is 0. The fourth-order valence-corrected chi connectivity index (χ4v) is 2.89. The van der Waals surface area contributed by atoms with Crippen LogP contribution >= 0.6 is 0 Å². The molecule has 0 aromatic carbocycles. The van der Waals surface area contributed by atoms with Gasteiger partial charge in [-0.2, -0.15) is 0 Å². The summed E-state index contributed by atoms with van der Waals surface area (Å²) in [6, 6.07) is 0. The van der Waals surface area contributed by atoms with E-state index in [9.17, 15) is 0 Å². The van der Waals surface area contributed by atoms with Crippen LogP contribution in [0.2, 0.25) is 0 Å². The van der Waals surface area contributed by atoms with Crippen LogP contribution in [-0.4, -0.2) is 14.5 Å². The van der Waals surface area contributed by atoms with Gasteiger partial charge in [-0.15, -0.1) is 0 Å². The second-order valence-electron chi connectivity index (χ2n) is 2.41. The normalized spacial score (nSPS) is 9.45. The second-order valence-corrected chi connectivity index (χ2v) is 3.97. The first kappa shape index (κ1) is 8.57. The summed E-state index contributed by atoms with van der Waals surface area (Å²) in [5, 5.41) is 0. The van der Waals surface area contributed by atoms with Gasteiger partial charge in [-0.3, -0.25) is 0 Å². The molecular formula is C10H12Se. The molecule has 0 aliphatic rings. The van der Waals surface area contributed by atoms with Crippen LogP contribution in [0.4, 0.5) is 0 Å². The van der Waals surface area contributed by atoms with Crippen molar-refractivity contribution < 1.29 is 0 Å². The summed E-state index contributed by atoms with van der Waals surface area (Å²) >= 11 is 0.594. The molecule has 0 atom stereocenters. The molecule has 1 heteroatoms. The van der Waals surface area contributed by atoms with Gasteiger partial charge in [0.1, 0.15) is 0 Å². The monoisotopic (exact) mass is 212 g/mol. The first-order chi connectivity index (χ1) is 5.38. The Morgan fingerprint density at radius 1 is 1.09 bits per heavy atom. The van der Waals surface area contributed by atoms with E-state index in [2.05, 4.69) is 23.0 Å². The molecule has 0 fully saturated rings. The molecule has 0 aliphatic carbocycles. The molecule has 0 nitrogen and oxygen atoms in total. The first-order valence-electron chi connectivity index (χ1n) is 3.64. The molecule has 0 saturated heterocycles. The van der Waals surface area contributed by atoms with Crippen LogP contribution in [0.25, 0.3) is 0 Å². The van der Waals surface area contributed by atoms with Gasteiger partial charge in [0.2, 0.25) is 0 Å². The molecular weight excluding hydrogens is 199 g/mol. The number of hydrogen-bond acceptors (Lipinski definition) is 0. The molecule has 1 heterocycles. The molecule has 1 rings (SSSR count). The Labute approximate surface area is 74.0 Å². The molecule has 0 spiro atoms. The Bertz CT molecular complexity index is 221. The third-order valence-corrected chi connectivity index (χ3v) is 3.33. The summed E-state index contributed by atoms with van der Waals surface area (Å²) in [5.74, 6) is 0. The van der Waals surface area contributed by atoms with E-state index in [1.54, 1.807) is 0 Å². The minimum atomic E-state index is 0.594. The quantitative estimate of drug-likeness (QED) is 0.529. The van der Waals surface area contributed by atoms with Crippen LogP contribution in [0.15, 0.2) is 35.2 Å². The van der Waals surface area contributed by atoms with Crippen LogP contribution in [0.3, 0.4) is 0 Å². The molecule has 0 bridgehead atoms. The van der Waals surface area contributed by atoms with Crippen molar-refractivity contribution in [1.29, 1.82) is 0 Å². The fourth-order valence-electron chi connectivity index (χ4n) is 1.02. The number of hydrogen-bond donors (Lipinski definition) is 0. The number of allylic oxidation sites excluding steroid dienone is 2. The van der Waals surface area contributed by atoms with Crippen LogP contribution in [0, 0.1) is 0 Å². The standard InChI is InChI=1S/C10H12Se/c1-3-5-9-7-11-8-10(9)6-4-2/h3-4,7-8H,1-2,5-6H2. The SMILES string of the molecule is C=CCc1c[se]cc1CC=C. The van der Waals surface area contributed by atoms with Crippen molar-refractivity contribution in [3.8, 4) is 0 Å². The first-order valence-corrected chi connectivity index (χ1v) is 5.62. The van der Waals surface area contributed by atoms with Crippen LogP contribution < -0.4 is 0 Å². The Morgan fingerprint density at radius 3 is 1.91 bits per heavy atom. The second kappa shape index (κ2) is 4.38. The molecule has 58 valence electrons. The average molecular weight is 211 g/mol. The van der Waals surface area contributed by atoms with E-state index in [-0.39, 0.29) is 0 Å². The maximum atomic E-state index is 3.73. The van der Waals surface area contributed by atoms with Crippen molar-refractivity contribution in [3.05, 3.63) is 46.3 Å². The zero-order chi connectivity index (χ0) is 8.10. The van der Waals surface area contributed by atoms with Crippen LogP contribution in [0.1, 0.15) is 11.1 Å². The van der Waals surface area contributed by atoms with E-state index < -0.39 is 0 Å². The Morgan fingerprint density at radius 2 is 1.55 bits per heavy atom. The summed E-state index contributed by atoms with van der Waals surface area (Å²) in [4.78, 5) is 4.65. The zero-order valence-electron chi connectivity index (χ0n) is 6.55. The molecule has 0 N–H and O–H groups in total. The maximum absolute atomic E-state index is 3.73. The van der Waals surface area contributed by atoms with E-state index in [0.29, 0.717) is 14.5 Å². The minimum absolute atomic E-state index is 0.594. The van der Waals surface area contributed by atoms with Gasteiger partial charge in [-0.05, 0) is 0 Å². The van der Waals surface area contributed by atoms with Crippen molar-refractivity contribution in [2.75, 3.05) is 0 Å². The summed E-state index contributed by atoms with van der Waals surface area (Å²) in [5.41, 5.74) is 2.92. The summed E-state index contributed by atoms with van der Waals surface area (Å²) in [6.07, 6.45) is 5.96. The molecule has 1 aromatic heterocycles. The average Bonchev–Trinajstić information content (AvgIpc) is 2.39. The van der Waals surface area contributed by atoms with Gasteiger partial charge in [0.25, 0.3) is 0 Å². The van der Waals surface area contributed by atoms with Crippen molar-refractivity contribution >= 4 is 14.5 Å². The summed E-state index contributed by atoms with van der Waals surface area (Å²) in [6.45, 7) is 7.46. The Balaban J connectivity index is 2.76. The predicted octanol–water partition coefficient (Wildman–Crippen LogP) is 2.20. The Hall–Kier alpha value is -0.521. The summed E-state index contributed by atoms with van der Waals surface area (Å²) < 4.78 is 0. The van der Waals surface area contributed by atoms with E-state index in [0.717, 1.165) is 12.8 Å². The predicted molar refractivity (Wildman–Crippen MR) is 51.2 cm³/mol. The molecule has 0 radical (unpaired) electrons. The molecule has 0 saturated carbocycles. The van der Waals surface area contributed by atoms with Crippen molar-refractivity contribution in [3.63, 3.8) is 0 Å². The van der Waals surface area contributed by atoms with Gasteiger partial charge in [0.15, 0.2) is 0 Å². The van der Waals surface area contributed by atoms with Crippen molar-refractivity contribution in [1.82, 2.24) is 0 Å². The van der Waals surface area contributed by atoms with Gasteiger partial charge >= 0.3 is 73.7 Å². The van der Waals surface area contributed by atoms with E-state index in [1.165, 1.54) is 11.1 Å². The van der Waals surface area contributed by atoms with Crippen molar-refractivity contribution in [2.24, 2.45) is 0 Å². The molecule has 11 heavy (non-hydrogen) atoms. The number of rotatable bonds is 4. The van der Waals surface area contributed by atoms with Gasteiger partial charge in [-0.1, -0.05) is 0 Å². The van der Waals surface area contributed by atoms with Crippen LogP contribution in [0.5, 0.6) is 0 Å². The Kier molecular flexibility index (Phi) is 3.41. The molecule has 1 aromatic rings. The van der Waals surface area contributed by atoms with Gasteiger partial charge < -0.3 is 0 Å². The van der Waals surface area contributed by atoms with Crippen molar-refractivity contribution in [2.45, 2.75) is 12.8 Å².